The number of fused-ring (bicyclic) bond motifs is 2. The quantitative estimate of drug-likeness (QED) is 0.807. The van der Waals surface area contributed by atoms with E-state index in [1.165, 1.54) is 4.90 Å². The fourth-order valence-corrected chi connectivity index (χ4v) is 5.00. The largest absolute Gasteiger partial charge is 0.344 e. The molecule has 2 aromatic rings. The summed E-state index contributed by atoms with van der Waals surface area (Å²) in [6.45, 7) is 10.4. The van der Waals surface area contributed by atoms with E-state index in [-0.39, 0.29) is 11.8 Å². The lowest BCUT2D eigenvalue weighted by molar-refractivity contribution is -0.124. The van der Waals surface area contributed by atoms with Gasteiger partial charge < -0.3 is 15.0 Å². The molecule has 2 aromatic heterocycles. The van der Waals surface area contributed by atoms with E-state index < -0.39 is 5.54 Å². The van der Waals surface area contributed by atoms with E-state index in [9.17, 15) is 4.79 Å². The smallest absolute Gasteiger partial charge is 0.224 e. The molecule has 0 bridgehead atoms. The number of aromatic nitrogens is 2. The van der Waals surface area contributed by atoms with E-state index in [2.05, 4.69) is 46.0 Å². The summed E-state index contributed by atoms with van der Waals surface area (Å²) in [6, 6.07) is 4.19. The van der Waals surface area contributed by atoms with Crippen molar-refractivity contribution in [1.29, 1.82) is 0 Å². The Labute approximate surface area is 153 Å². The molecule has 0 aromatic carbocycles. The van der Waals surface area contributed by atoms with Crippen LogP contribution in [0.25, 0.3) is 5.52 Å². The molecular weight excluding hydrogens is 332 g/mol. The van der Waals surface area contributed by atoms with Gasteiger partial charge in [0.1, 0.15) is 5.82 Å². The van der Waals surface area contributed by atoms with E-state index >= 15 is 0 Å². The molecule has 1 saturated heterocycles. The first-order chi connectivity index (χ1) is 11.9. The van der Waals surface area contributed by atoms with Gasteiger partial charge in [-0.3, -0.25) is 4.79 Å². The van der Waals surface area contributed by atoms with E-state index in [1.54, 1.807) is 0 Å². The van der Waals surface area contributed by atoms with Gasteiger partial charge in [-0.25, -0.2) is 4.98 Å². The van der Waals surface area contributed by atoms with Crippen LogP contribution in [0.4, 0.5) is 0 Å². The number of carbonyl (C=O) groups excluding carboxylic acids is 1. The Kier molecular flexibility index (Phi) is 4.07. The van der Waals surface area contributed by atoms with Crippen LogP contribution in [-0.4, -0.2) is 33.6 Å². The highest BCUT2D eigenvalue weighted by molar-refractivity contribution is 8.00. The zero-order chi connectivity index (χ0) is 17.8. The molecule has 2 N–H and O–H groups in total. The Bertz CT molecular complexity index is 803. The Morgan fingerprint density at radius 1 is 1.40 bits per heavy atom. The molecule has 0 radical (unpaired) electrons. The number of amides is 1. The highest BCUT2D eigenvalue weighted by atomic mass is 32.2. The molecule has 1 saturated carbocycles. The second-order valence-corrected chi connectivity index (χ2v) is 9.62. The number of hydrogen-bond donors (Lipinski definition) is 2. The zero-order valence-corrected chi connectivity index (χ0v) is 16.1. The molecule has 25 heavy (non-hydrogen) atoms. The molecule has 1 aliphatic heterocycles. The standard InChI is InChI=1S/C19H26N4OS/c1-11(2)25-15-6-5-7-23-14(15)10-21-18(23)19(3,4)22-17(24)16-12-8-20-9-13(12)16/h5-7,10-13,16,20H,8-9H2,1-4H3,(H,22,24)/t12-,13+,16?. The van der Waals surface area contributed by atoms with Crippen LogP contribution in [-0.2, 0) is 10.3 Å². The molecular formula is C19H26N4OS. The second kappa shape index (κ2) is 6.02. The van der Waals surface area contributed by atoms with Gasteiger partial charge in [0.05, 0.1) is 17.3 Å². The van der Waals surface area contributed by atoms with E-state index in [0.717, 1.165) is 24.4 Å². The number of nitrogens with one attached hydrogen (secondary N) is 2. The average Bonchev–Trinajstić information content (AvgIpc) is 2.89. The fraction of sp³-hybridized carbons (Fsp3) is 0.579. The molecule has 6 heteroatoms. The predicted octanol–water partition coefficient (Wildman–Crippen LogP) is 2.65. The molecule has 5 nitrogen and oxygen atoms in total. The van der Waals surface area contributed by atoms with E-state index in [1.807, 2.05) is 38.0 Å². The van der Waals surface area contributed by atoms with Crippen molar-refractivity contribution in [3.63, 3.8) is 0 Å². The molecule has 3 heterocycles. The van der Waals surface area contributed by atoms with Gasteiger partial charge in [-0.05, 0) is 50.9 Å². The number of nitrogens with zero attached hydrogens (tertiary/aromatic N) is 2. The summed E-state index contributed by atoms with van der Waals surface area (Å²) in [7, 11) is 0. The molecule has 1 amide bonds. The summed E-state index contributed by atoms with van der Waals surface area (Å²) in [4.78, 5) is 18.6. The monoisotopic (exact) mass is 358 g/mol. The van der Waals surface area contributed by atoms with Gasteiger partial charge in [0.15, 0.2) is 0 Å². The number of imidazole rings is 1. The molecule has 1 unspecified atom stereocenters. The van der Waals surface area contributed by atoms with Crippen molar-refractivity contribution in [2.45, 2.75) is 43.4 Å². The summed E-state index contributed by atoms with van der Waals surface area (Å²) < 4.78 is 2.11. The van der Waals surface area contributed by atoms with Crippen LogP contribution >= 0.6 is 11.8 Å². The van der Waals surface area contributed by atoms with Gasteiger partial charge in [-0.1, -0.05) is 13.8 Å². The van der Waals surface area contributed by atoms with Crippen LogP contribution in [0, 0.1) is 17.8 Å². The number of pyridine rings is 1. The second-order valence-electron chi connectivity index (χ2n) is 8.00. The first-order valence-electron chi connectivity index (χ1n) is 9.04. The first kappa shape index (κ1) is 16.9. The topological polar surface area (TPSA) is 58.4 Å². The molecule has 2 fully saturated rings. The van der Waals surface area contributed by atoms with Crippen LogP contribution in [0.1, 0.15) is 33.5 Å². The number of thioether (sulfide) groups is 1. The molecule has 4 rings (SSSR count). The number of hydrogen-bond acceptors (Lipinski definition) is 4. The highest BCUT2D eigenvalue weighted by Crippen LogP contribution is 2.49. The normalized spacial score (nSPS) is 25.4. The van der Waals surface area contributed by atoms with Crippen molar-refractivity contribution in [3.05, 3.63) is 30.4 Å². The molecule has 134 valence electrons. The Hall–Kier alpha value is -1.53. The highest BCUT2D eigenvalue weighted by Gasteiger charge is 2.57. The van der Waals surface area contributed by atoms with Crippen molar-refractivity contribution >= 4 is 23.2 Å². The Balaban J connectivity index is 1.58. The van der Waals surface area contributed by atoms with Crippen molar-refractivity contribution < 1.29 is 4.79 Å². The van der Waals surface area contributed by atoms with Crippen LogP contribution in [0.3, 0.4) is 0 Å². The zero-order valence-electron chi connectivity index (χ0n) is 15.2. The van der Waals surface area contributed by atoms with Crippen molar-refractivity contribution in [3.8, 4) is 0 Å². The lowest BCUT2D eigenvalue weighted by Crippen LogP contribution is -2.44. The van der Waals surface area contributed by atoms with Crippen LogP contribution in [0.15, 0.2) is 29.4 Å². The van der Waals surface area contributed by atoms with E-state index in [0.29, 0.717) is 17.1 Å². The lowest BCUT2D eigenvalue weighted by Gasteiger charge is -2.26. The minimum absolute atomic E-state index is 0.172. The third-order valence-corrected chi connectivity index (χ3v) is 6.35. The van der Waals surface area contributed by atoms with Gasteiger partial charge in [0.25, 0.3) is 0 Å². The van der Waals surface area contributed by atoms with Gasteiger partial charge >= 0.3 is 0 Å². The molecule has 0 spiro atoms. The van der Waals surface area contributed by atoms with Crippen LogP contribution < -0.4 is 10.6 Å². The lowest BCUT2D eigenvalue weighted by atomic mass is 10.0. The average molecular weight is 359 g/mol. The Morgan fingerprint density at radius 3 is 2.80 bits per heavy atom. The maximum absolute atomic E-state index is 12.7. The predicted molar refractivity (Wildman–Crippen MR) is 101 cm³/mol. The third kappa shape index (κ3) is 2.95. The summed E-state index contributed by atoms with van der Waals surface area (Å²) in [5.41, 5.74) is 0.598. The van der Waals surface area contributed by atoms with Gasteiger partial charge in [0.2, 0.25) is 5.91 Å². The van der Waals surface area contributed by atoms with Crippen LogP contribution in [0.5, 0.6) is 0 Å². The van der Waals surface area contributed by atoms with Crippen molar-refractivity contribution in [2.75, 3.05) is 13.1 Å². The first-order valence-corrected chi connectivity index (χ1v) is 9.92. The molecule has 3 atom stereocenters. The third-order valence-electron chi connectivity index (χ3n) is 5.28. The van der Waals surface area contributed by atoms with Gasteiger partial charge in [0, 0.05) is 22.3 Å². The van der Waals surface area contributed by atoms with E-state index in [4.69, 9.17) is 0 Å². The van der Waals surface area contributed by atoms with Crippen LogP contribution in [0.2, 0.25) is 0 Å². The molecule has 2 aliphatic rings. The number of rotatable bonds is 5. The number of piperidine rings is 1. The molecule has 1 aliphatic carbocycles. The Morgan fingerprint density at radius 2 is 2.12 bits per heavy atom. The summed E-state index contributed by atoms with van der Waals surface area (Å²) >= 11 is 1.84. The maximum Gasteiger partial charge on any atom is 0.224 e. The van der Waals surface area contributed by atoms with Gasteiger partial charge in [-0.2, -0.15) is 0 Å². The fourth-order valence-electron chi connectivity index (χ4n) is 4.07. The van der Waals surface area contributed by atoms with Gasteiger partial charge in [-0.15, -0.1) is 11.8 Å². The minimum atomic E-state index is -0.505. The van der Waals surface area contributed by atoms with Crippen molar-refractivity contribution in [1.82, 2.24) is 20.0 Å². The summed E-state index contributed by atoms with van der Waals surface area (Å²) in [5, 5.41) is 7.10. The summed E-state index contributed by atoms with van der Waals surface area (Å²) in [5.74, 6) is 2.29. The SMILES string of the molecule is CC(C)Sc1cccn2c(C(C)(C)NC(=O)C3[C@H]4CNC[C@@H]34)ncc12. The number of carbonyl (C=O) groups is 1. The minimum Gasteiger partial charge on any atom is -0.344 e. The summed E-state index contributed by atoms with van der Waals surface area (Å²) in [6.07, 6.45) is 3.95. The van der Waals surface area contributed by atoms with Crippen molar-refractivity contribution in [2.24, 2.45) is 17.8 Å². The maximum atomic E-state index is 12.7.